The van der Waals surface area contributed by atoms with Gasteiger partial charge in [0, 0.05) is 7.05 Å². The monoisotopic (exact) mass is 113 g/mol. The summed E-state index contributed by atoms with van der Waals surface area (Å²) < 4.78 is 0. The molecule has 38 valence electrons. The Kier molecular flexibility index (Phi) is 3.07. The molecule has 0 saturated carbocycles. The largest absolute Gasteiger partial charge is 0.348 e. The van der Waals surface area contributed by atoms with Crippen LogP contribution in [0.4, 0.5) is 0 Å². The first-order valence-corrected chi connectivity index (χ1v) is 2.95. The maximum absolute atomic E-state index is 10.1. The summed E-state index contributed by atoms with van der Waals surface area (Å²) in [5.74, 6) is 2.16. The molecule has 0 radical (unpaired) electrons. The summed E-state index contributed by atoms with van der Waals surface area (Å²) in [7, 11) is 2.33. The fourth-order valence-electron chi connectivity index (χ4n) is 0.176. The third-order valence-electron chi connectivity index (χ3n) is 0.466. The molecule has 0 atom stereocenters. The maximum Gasteiger partial charge on any atom is 0.295 e. The molecule has 0 aromatic carbocycles. The van der Waals surface area contributed by atoms with Crippen molar-refractivity contribution in [3.8, 4) is 11.5 Å². The molecular formula is C4H7NOSi. The zero-order valence-electron chi connectivity index (χ0n) is 4.41. The Morgan fingerprint density at radius 1 is 1.86 bits per heavy atom. The van der Waals surface area contributed by atoms with Crippen LogP contribution in [0.1, 0.15) is 0 Å². The lowest BCUT2D eigenvalue weighted by Crippen LogP contribution is -2.14. The fourth-order valence-corrected chi connectivity index (χ4v) is 0.403. The van der Waals surface area contributed by atoms with E-state index in [1.165, 1.54) is 0 Å². The first-order chi connectivity index (χ1) is 3.31. The van der Waals surface area contributed by atoms with Crippen LogP contribution in [-0.2, 0) is 4.79 Å². The van der Waals surface area contributed by atoms with Gasteiger partial charge in [-0.05, 0) is 5.92 Å². The van der Waals surface area contributed by atoms with Gasteiger partial charge in [-0.25, -0.2) is 0 Å². The van der Waals surface area contributed by atoms with Crippen molar-refractivity contribution in [1.82, 2.24) is 5.32 Å². The van der Waals surface area contributed by atoms with Gasteiger partial charge >= 0.3 is 0 Å². The predicted molar refractivity (Wildman–Crippen MR) is 31.8 cm³/mol. The highest BCUT2D eigenvalue weighted by molar-refractivity contribution is 6.24. The van der Waals surface area contributed by atoms with E-state index in [0.717, 1.165) is 10.2 Å². The summed E-state index contributed by atoms with van der Waals surface area (Å²) in [6.45, 7) is 0. The predicted octanol–water partition coefficient (Wildman–Crippen LogP) is -1.94. The smallest absolute Gasteiger partial charge is 0.295 e. The van der Waals surface area contributed by atoms with Gasteiger partial charge in [0.25, 0.3) is 5.91 Å². The number of carbonyl (C=O) groups excluding carboxylic acids is 1. The van der Waals surface area contributed by atoms with Gasteiger partial charge in [-0.15, -0.1) is 5.54 Å². The average Bonchev–Trinajstić information content (AvgIpc) is 1.68. The molecule has 0 aromatic heterocycles. The molecule has 0 aliphatic rings. The normalized spacial score (nSPS) is 6.43. The van der Waals surface area contributed by atoms with Crippen LogP contribution in [0.2, 0.25) is 0 Å². The molecular weight excluding hydrogens is 106 g/mol. The van der Waals surface area contributed by atoms with Crippen molar-refractivity contribution in [1.29, 1.82) is 0 Å². The Hall–Kier alpha value is -0.753. The highest BCUT2D eigenvalue weighted by Crippen LogP contribution is 1.51. The van der Waals surface area contributed by atoms with Crippen molar-refractivity contribution >= 4 is 16.1 Å². The second-order valence-corrected chi connectivity index (χ2v) is 1.45. The molecule has 0 aliphatic heterocycles. The van der Waals surface area contributed by atoms with E-state index in [9.17, 15) is 4.79 Å². The van der Waals surface area contributed by atoms with Crippen LogP contribution in [-0.4, -0.2) is 23.2 Å². The SMILES string of the molecule is CNC(=O)C#C[SiH3]. The van der Waals surface area contributed by atoms with Gasteiger partial charge in [-0.2, -0.15) is 0 Å². The van der Waals surface area contributed by atoms with Crippen LogP contribution in [0.5, 0.6) is 0 Å². The van der Waals surface area contributed by atoms with Gasteiger partial charge < -0.3 is 5.32 Å². The number of amides is 1. The first-order valence-electron chi connectivity index (χ1n) is 1.95. The summed E-state index contributed by atoms with van der Waals surface area (Å²) in [6, 6.07) is 0. The second-order valence-electron chi connectivity index (χ2n) is 0.954. The average molecular weight is 113 g/mol. The van der Waals surface area contributed by atoms with Crippen LogP contribution in [0.15, 0.2) is 0 Å². The molecule has 0 unspecified atom stereocenters. The summed E-state index contributed by atoms with van der Waals surface area (Å²) in [5.41, 5.74) is 2.60. The minimum Gasteiger partial charge on any atom is -0.348 e. The van der Waals surface area contributed by atoms with E-state index >= 15 is 0 Å². The van der Waals surface area contributed by atoms with E-state index in [2.05, 4.69) is 16.8 Å². The van der Waals surface area contributed by atoms with E-state index in [4.69, 9.17) is 0 Å². The standard InChI is InChI=1S/C4H7NOSi/c1-5-4(6)2-3-7/h1,7H3,(H,5,6). The molecule has 2 nitrogen and oxygen atoms in total. The number of hydrogen-bond acceptors (Lipinski definition) is 1. The van der Waals surface area contributed by atoms with Gasteiger partial charge in [-0.1, -0.05) is 0 Å². The van der Waals surface area contributed by atoms with Crippen LogP contribution < -0.4 is 5.32 Å². The van der Waals surface area contributed by atoms with Crippen molar-refractivity contribution in [2.75, 3.05) is 7.05 Å². The lowest BCUT2D eigenvalue weighted by Gasteiger charge is -1.80. The fraction of sp³-hybridized carbons (Fsp3) is 0.250. The third-order valence-corrected chi connectivity index (χ3v) is 0.716. The second kappa shape index (κ2) is 3.44. The van der Waals surface area contributed by atoms with Crippen LogP contribution >= 0.6 is 0 Å². The molecule has 1 N–H and O–H groups in total. The summed E-state index contributed by atoms with van der Waals surface area (Å²) in [5, 5.41) is 2.38. The highest BCUT2D eigenvalue weighted by Gasteiger charge is 1.80. The van der Waals surface area contributed by atoms with Crippen molar-refractivity contribution in [2.24, 2.45) is 0 Å². The Bertz CT molecular complexity index is 121. The lowest BCUT2D eigenvalue weighted by atomic mass is 10.6. The van der Waals surface area contributed by atoms with Crippen molar-refractivity contribution in [3.05, 3.63) is 0 Å². The van der Waals surface area contributed by atoms with Crippen LogP contribution in [0, 0.1) is 11.5 Å². The molecule has 0 heterocycles. The lowest BCUT2D eigenvalue weighted by molar-refractivity contribution is -0.115. The van der Waals surface area contributed by atoms with E-state index < -0.39 is 0 Å². The van der Waals surface area contributed by atoms with E-state index in [1.807, 2.05) is 0 Å². The van der Waals surface area contributed by atoms with Gasteiger partial charge in [0.15, 0.2) is 0 Å². The van der Waals surface area contributed by atoms with Gasteiger partial charge in [0.1, 0.15) is 0 Å². The number of rotatable bonds is 0. The Morgan fingerprint density at radius 3 is 2.57 bits per heavy atom. The number of hydrogen-bond donors (Lipinski definition) is 1. The Labute approximate surface area is 45.7 Å². The number of carbonyl (C=O) groups is 1. The van der Waals surface area contributed by atoms with Crippen LogP contribution in [0.3, 0.4) is 0 Å². The molecule has 0 fully saturated rings. The minimum atomic E-state index is -0.199. The molecule has 0 aliphatic carbocycles. The summed E-state index contributed by atoms with van der Waals surface area (Å²) >= 11 is 0. The van der Waals surface area contributed by atoms with E-state index in [0.29, 0.717) is 0 Å². The number of nitrogens with one attached hydrogen (secondary N) is 1. The quantitative estimate of drug-likeness (QED) is 0.287. The Balaban J connectivity index is 3.52. The van der Waals surface area contributed by atoms with Crippen molar-refractivity contribution < 1.29 is 4.79 Å². The maximum atomic E-state index is 10.1. The zero-order chi connectivity index (χ0) is 5.70. The molecule has 0 rings (SSSR count). The van der Waals surface area contributed by atoms with E-state index in [1.54, 1.807) is 7.05 Å². The molecule has 3 heteroatoms. The van der Waals surface area contributed by atoms with Crippen molar-refractivity contribution in [2.45, 2.75) is 0 Å². The molecule has 7 heavy (non-hydrogen) atoms. The topological polar surface area (TPSA) is 29.1 Å². The summed E-state index contributed by atoms with van der Waals surface area (Å²) in [6.07, 6.45) is 0. The molecule has 0 bridgehead atoms. The highest BCUT2D eigenvalue weighted by atomic mass is 28.1. The van der Waals surface area contributed by atoms with Gasteiger partial charge in [0.05, 0.1) is 10.2 Å². The van der Waals surface area contributed by atoms with Gasteiger partial charge in [-0.3, -0.25) is 4.79 Å². The molecule has 0 aromatic rings. The zero-order valence-corrected chi connectivity index (χ0v) is 6.41. The van der Waals surface area contributed by atoms with Crippen molar-refractivity contribution in [3.63, 3.8) is 0 Å². The summed E-state index contributed by atoms with van der Waals surface area (Å²) in [4.78, 5) is 10.1. The minimum absolute atomic E-state index is 0.199. The first kappa shape index (κ1) is 6.25. The molecule has 0 spiro atoms. The molecule has 1 amide bonds. The molecule has 0 saturated heterocycles. The third kappa shape index (κ3) is 3.07. The van der Waals surface area contributed by atoms with Gasteiger partial charge in [0.2, 0.25) is 0 Å². The van der Waals surface area contributed by atoms with E-state index in [-0.39, 0.29) is 5.91 Å². The Morgan fingerprint density at radius 2 is 2.43 bits per heavy atom. The van der Waals surface area contributed by atoms with Crippen LogP contribution in [0.25, 0.3) is 0 Å².